The van der Waals surface area contributed by atoms with Gasteiger partial charge in [0, 0.05) is 29.1 Å². The highest BCUT2D eigenvalue weighted by Gasteiger charge is 2.51. The summed E-state index contributed by atoms with van der Waals surface area (Å²) in [7, 11) is 0. The fourth-order valence-electron chi connectivity index (χ4n) is 9.26. The van der Waals surface area contributed by atoms with Gasteiger partial charge in [0.25, 0.3) is 0 Å². The zero-order chi connectivity index (χ0) is 37.9. The van der Waals surface area contributed by atoms with Crippen molar-refractivity contribution in [3.63, 3.8) is 0 Å². The van der Waals surface area contributed by atoms with E-state index in [-0.39, 0.29) is 0 Å². The molecule has 7 aromatic carbocycles. The summed E-state index contributed by atoms with van der Waals surface area (Å²) < 4.78 is 0. The minimum Gasteiger partial charge on any atom is -0.264 e. The summed E-state index contributed by atoms with van der Waals surface area (Å²) in [6.45, 7) is 0. The molecule has 3 nitrogen and oxygen atoms in total. The summed E-state index contributed by atoms with van der Waals surface area (Å²) in [5.41, 5.74) is 20.4. The van der Waals surface area contributed by atoms with E-state index in [9.17, 15) is 5.26 Å². The van der Waals surface area contributed by atoms with Crippen LogP contribution in [0.5, 0.6) is 0 Å². The molecule has 2 aliphatic rings. The van der Waals surface area contributed by atoms with E-state index >= 15 is 0 Å². The van der Waals surface area contributed by atoms with Gasteiger partial charge in [-0.15, -0.1) is 0 Å². The molecule has 264 valence electrons. The Morgan fingerprint density at radius 1 is 0.368 bits per heavy atom. The summed E-state index contributed by atoms with van der Waals surface area (Å²) in [5.74, 6) is 0. The minimum atomic E-state index is -0.565. The van der Waals surface area contributed by atoms with Crippen LogP contribution in [0.3, 0.4) is 0 Å². The average molecular weight is 724 g/mol. The molecule has 0 atom stereocenters. The molecular weight excluding hydrogens is 691 g/mol. The average Bonchev–Trinajstić information content (AvgIpc) is 3.76. The van der Waals surface area contributed by atoms with E-state index in [1.54, 1.807) is 0 Å². The van der Waals surface area contributed by atoms with Crippen molar-refractivity contribution < 1.29 is 0 Å². The molecule has 11 rings (SSSR count). The maximum atomic E-state index is 10.1. The Morgan fingerprint density at radius 3 is 1.46 bits per heavy atom. The standard InChI is InChI=1S/C54H33N3/c55-33-35-21-23-46-47-24-22-38(30-51(47)54(50(46)26-35)48-19-9-7-17-44(48)45-18-8-10-20-49(45)54)40-27-41(39-16-11-25-56-34-39)29-42(28-40)43-31-52(36-12-3-1-4-13-36)57-53(32-43)37-14-5-2-6-15-37/h1-32,34H. The maximum absolute atomic E-state index is 10.1. The number of nitriles is 1. The van der Waals surface area contributed by atoms with Gasteiger partial charge < -0.3 is 0 Å². The molecule has 2 aromatic heterocycles. The second kappa shape index (κ2) is 13.0. The second-order valence-corrected chi connectivity index (χ2v) is 14.9. The van der Waals surface area contributed by atoms with Crippen molar-refractivity contribution in [2.24, 2.45) is 0 Å². The number of hydrogen-bond acceptors (Lipinski definition) is 3. The van der Waals surface area contributed by atoms with E-state index in [2.05, 4.69) is 175 Å². The van der Waals surface area contributed by atoms with Gasteiger partial charge in [-0.2, -0.15) is 5.26 Å². The van der Waals surface area contributed by atoms with Crippen molar-refractivity contribution in [1.29, 1.82) is 5.26 Å². The monoisotopic (exact) mass is 723 g/mol. The van der Waals surface area contributed by atoms with Gasteiger partial charge >= 0.3 is 0 Å². The first-order valence-corrected chi connectivity index (χ1v) is 19.3. The molecule has 2 heterocycles. The van der Waals surface area contributed by atoms with Crippen molar-refractivity contribution >= 4 is 0 Å². The predicted octanol–water partition coefficient (Wildman–Crippen LogP) is 13.0. The van der Waals surface area contributed by atoms with E-state index in [0.717, 1.165) is 61.5 Å². The lowest BCUT2D eigenvalue weighted by Crippen LogP contribution is -2.26. The second-order valence-electron chi connectivity index (χ2n) is 14.9. The van der Waals surface area contributed by atoms with Crippen LogP contribution in [0.2, 0.25) is 0 Å². The third-order valence-corrected chi connectivity index (χ3v) is 11.8. The summed E-state index contributed by atoms with van der Waals surface area (Å²) in [5, 5.41) is 10.1. The maximum Gasteiger partial charge on any atom is 0.0991 e. The summed E-state index contributed by atoms with van der Waals surface area (Å²) in [6.07, 6.45) is 3.76. The van der Waals surface area contributed by atoms with Crippen molar-refractivity contribution in [3.05, 3.63) is 228 Å². The number of rotatable bonds is 5. The zero-order valence-electron chi connectivity index (χ0n) is 30.9. The molecule has 0 saturated heterocycles. The Labute approximate surface area is 331 Å². The van der Waals surface area contributed by atoms with Crippen LogP contribution >= 0.6 is 0 Å². The van der Waals surface area contributed by atoms with Crippen molar-refractivity contribution in [2.45, 2.75) is 5.41 Å². The van der Waals surface area contributed by atoms with E-state index in [1.807, 2.05) is 36.7 Å². The van der Waals surface area contributed by atoms with E-state index in [4.69, 9.17) is 4.98 Å². The highest BCUT2D eigenvalue weighted by Crippen LogP contribution is 2.63. The number of nitrogens with zero attached hydrogens (tertiary/aromatic N) is 3. The van der Waals surface area contributed by atoms with E-state index in [0.29, 0.717) is 5.56 Å². The molecule has 57 heavy (non-hydrogen) atoms. The van der Waals surface area contributed by atoms with Gasteiger partial charge in [0.15, 0.2) is 0 Å². The Balaban J connectivity index is 1.16. The molecule has 0 amide bonds. The lowest BCUT2D eigenvalue weighted by atomic mass is 9.70. The fraction of sp³-hybridized carbons (Fsp3) is 0.0185. The van der Waals surface area contributed by atoms with Crippen LogP contribution in [-0.4, -0.2) is 9.97 Å². The first-order valence-electron chi connectivity index (χ1n) is 19.3. The van der Waals surface area contributed by atoms with Gasteiger partial charge in [0.05, 0.1) is 28.4 Å². The third kappa shape index (κ3) is 5.12. The molecule has 3 heteroatoms. The normalized spacial score (nSPS) is 12.7. The molecular formula is C54H33N3. The van der Waals surface area contributed by atoms with Gasteiger partial charge in [-0.3, -0.25) is 4.98 Å². The molecule has 0 unspecified atom stereocenters. The zero-order valence-corrected chi connectivity index (χ0v) is 30.9. The lowest BCUT2D eigenvalue weighted by Gasteiger charge is -2.30. The van der Waals surface area contributed by atoms with E-state index < -0.39 is 5.41 Å². The van der Waals surface area contributed by atoms with Gasteiger partial charge in [-0.1, -0.05) is 133 Å². The van der Waals surface area contributed by atoms with Gasteiger partial charge in [-0.05, 0) is 127 Å². The van der Waals surface area contributed by atoms with Gasteiger partial charge in [0.2, 0.25) is 0 Å². The molecule has 0 N–H and O–H groups in total. The highest BCUT2D eigenvalue weighted by molar-refractivity contribution is 5.96. The van der Waals surface area contributed by atoms with Gasteiger partial charge in [0.1, 0.15) is 0 Å². The molecule has 0 saturated carbocycles. The van der Waals surface area contributed by atoms with Crippen LogP contribution in [0.25, 0.3) is 78.1 Å². The SMILES string of the molecule is N#Cc1ccc2c(c1)C1(c3ccccc3-c3ccccc31)c1cc(-c3cc(-c4cccnc4)cc(-c4cc(-c5ccccc5)nc(-c5ccccc5)c4)c3)ccc1-2. The fourth-order valence-corrected chi connectivity index (χ4v) is 9.26. The highest BCUT2D eigenvalue weighted by atomic mass is 14.7. The van der Waals surface area contributed by atoms with Crippen LogP contribution in [0.4, 0.5) is 0 Å². The number of benzene rings is 7. The van der Waals surface area contributed by atoms with Crippen LogP contribution in [0.1, 0.15) is 27.8 Å². The molecule has 0 aliphatic heterocycles. The topological polar surface area (TPSA) is 49.6 Å². The molecule has 9 aromatic rings. The molecule has 0 fully saturated rings. The Kier molecular flexibility index (Phi) is 7.45. The van der Waals surface area contributed by atoms with Crippen molar-refractivity contribution in [1.82, 2.24) is 9.97 Å². The first-order chi connectivity index (χ1) is 28.2. The largest absolute Gasteiger partial charge is 0.264 e. The van der Waals surface area contributed by atoms with Crippen LogP contribution in [0, 0.1) is 11.3 Å². The van der Waals surface area contributed by atoms with Crippen molar-refractivity contribution in [2.75, 3.05) is 0 Å². The predicted molar refractivity (Wildman–Crippen MR) is 230 cm³/mol. The molecule has 2 aliphatic carbocycles. The Morgan fingerprint density at radius 2 is 0.860 bits per heavy atom. The first kappa shape index (κ1) is 32.7. The number of fused-ring (bicyclic) bond motifs is 10. The Bertz CT molecular complexity index is 2970. The van der Waals surface area contributed by atoms with Crippen molar-refractivity contribution in [3.8, 4) is 84.2 Å². The summed E-state index contributed by atoms with van der Waals surface area (Å²) >= 11 is 0. The smallest absolute Gasteiger partial charge is 0.0991 e. The lowest BCUT2D eigenvalue weighted by molar-refractivity contribution is 0.793. The molecule has 0 bridgehead atoms. The minimum absolute atomic E-state index is 0.565. The third-order valence-electron chi connectivity index (χ3n) is 11.8. The summed E-state index contributed by atoms with van der Waals surface area (Å²) in [4.78, 5) is 9.69. The molecule has 0 radical (unpaired) electrons. The Hall–Kier alpha value is -7.67. The summed E-state index contributed by atoms with van der Waals surface area (Å²) in [6, 6.07) is 69.4. The van der Waals surface area contributed by atoms with Crippen LogP contribution in [-0.2, 0) is 5.41 Å². The van der Waals surface area contributed by atoms with Crippen LogP contribution < -0.4 is 0 Å². The van der Waals surface area contributed by atoms with E-state index in [1.165, 1.54) is 38.9 Å². The number of hydrogen-bond donors (Lipinski definition) is 0. The quantitative estimate of drug-likeness (QED) is 0.178. The van der Waals surface area contributed by atoms with Crippen LogP contribution in [0.15, 0.2) is 200 Å². The number of pyridine rings is 2. The van der Waals surface area contributed by atoms with Gasteiger partial charge in [-0.25, -0.2) is 4.98 Å². The number of aromatic nitrogens is 2. The molecule has 1 spiro atoms.